The van der Waals surface area contributed by atoms with Gasteiger partial charge in [-0.1, -0.05) is 25.5 Å². The molecule has 4 heteroatoms. The predicted octanol–water partition coefficient (Wildman–Crippen LogP) is 3.46. The number of hydrogen-bond donors (Lipinski definition) is 0. The molecule has 1 unspecified atom stereocenters. The highest BCUT2D eigenvalue weighted by molar-refractivity contribution is 7.99. The summed E-state index contributed by atoms with van der Waals surface area (Å²) in [4.78, 5) is 14.1. The Morgan fingerprint density at radius 1 is 1.47 bits per heavy atom. The molecule has 1 fully saturated rings. The molecule has 1 atom stereocenters. The van der Waals surface area contributed by atoms with Crippen LogP contribution in [0.1, 0.15) is 37.1 Å². The van der Waals surface area contributed by atoms with Gasteiger partial charge in [0.15, 0.2) is 0 Å². The van der Waals surface area contributed by atoms with Crippen LogP contribution in [0.5, 0.6) is 5.75 Å². The second kappa shape index (κ2) is 6.85. The summed E-state index contributed by atoms with van der Waals surface area (Å²) in [5, 5.41) is 0.142. The maximum atomic E-state index is 12.1. The minimum Gasteiger partial charge on any atom is -0.497 e. The van der Waals surface area contributed by atoms with Crippen molar-refractivity contribution in [2.75, 3.05) is 19.4 Å². The van der Waals surface area contributed by atoms with Gasteiger partial charge in [-0.15, -0.1) is 11.8 Å². The van der Waals surface area contributed by atoms with Crippen LogP contribution < -0.4 is 4.74 Å². The molecule has 0 radical (unpaired) electrons. The van der Waals surface area contributed by atoms with Crippen molar-refractivity contribution in [2.24, 2.45) is 0 Å². The van der Waals surface area contributed by atoms with Crippen molar-refractivity contribution in [3.05, 3.63) is 29.8 Å². The average molecular weight is 279 g/mol. The predicted molar refractivity (Wildman–Crippen MR) is 79.4 cm³/mol. The van der Waals surface area contributed by atoms with Gasteiger partial charge >= 0.3 is 0 Å². The van der Waals surface area contributed by atoms with Crippen molar-refractivity contribution in [1.82, 2.24) is 4.90 Å². The quantitative estimate of drug-likeness (QED) is 0.826. The molecule has 0 N–H and O–H groups in total. The minimum absolute atomic E-state index is 0.142. The number of hydrogen-bond acceptors (Lipinski definition) is 3. The van der Waals surface area contributed by atoms with E-state index in [0.29, 0.717) is 6.42 Å². The first-order chi connectivity index (χ1) is 9.26. The molecule has 0 aromatic heterocycles. The van der Waals surface area contributed by atoms with E-state index in [1.165, 1.54) is 0 Å². The number of carbonyl (C=O) groups is 1. The molecule has 19 heavy (non-hydrogen) atoms. The fourth-order valence-corrected chi connectivity index (χ4v) is 3.52. The van der Waals surface area contributed by atoms with Gasteiger partial charge in [-0.05, 0) is 24.1 Å². The zero-order valence-electron chi connectivity index (χ0n) is 11.6. The van der Waals surface area contributed by atoms with E-state index in [4.69, 9.17) is 4.74 Å². The van der Waals surface area contributed by atoms with Crippen molar-refractivity contribution in [2.45, 2.75) is 31.6 Å². The third kappa shape index (κ3) is 3.44. The Morgan fingerprint density at radius 2 is 2.32 bits per heavy atom. The first kappa shape index (κ1) is 14.3. The number of ether oxygens (including phenoxy) is 1. The molecule has 0 saturated carbocycles. The Bertz CT molecular complexity index is 436. The number of benzene rings is 1. The van der Waals surface area contributed by atoms with Crippen LogP contribution in [0.3, 0.4) is 0 Å². The molecule has 1 aliphatic rings. The van der Waals surface area contributed by atoms with Crippen LogP contribution in [-0.4, -0.2) is 30.2 Å². The molecule has 0 aliphatic carbocycles. The van der Waals surface area contributed by atoms with Gasteiger partial charge in [-0.3, -0.25) is 4.79 Å². The van der Waals surface area contributed by atoms with E-state index in [1.807, 2.05) is 34.9 Å². The SMILES string of the molecule is CCCCN1C(=O)CCSC1c1cccc(OC)c1. The summed E-state index contributed by atoms with van der Waals surface area (Å²) in [6, 6.07) is 8.05. The zero-order valence-corrected chi connectivity index (χ0v) is 12.4. The van der Waals surface area contributed by atoms with Crippen molar-refractivity contribution in [3.63, 3.8) is 0 Å². The smallest absolute Gasteiger partial charge is 0.224 e. The molecule has 1 aromatic carbocycles. The highest BCUT2D eigenvalue weighted by Crippen LogP contribution is 2.38. The van der Waals surface area contributed by atoms with Gasteiger partial charge in [0.05, 0.1) is 7.11 Å². The summed E-state index contributed by atoms with van der Waals surface area (Å²) in [6.45, 7) is 3.01. The van der Waals surface area contributed by atoms with Gasteiger partial charge in [0.1, 0.15) is 11.1 Å². The number of carbonyl (C=O) groups excluding carboxylic acids is 1. The maximum Gasteiger partial charge on any atom is 0.224 e. The summed E-state index contributed by atoms with van der Waals surface area (Å²) in [6.07, 6.45) is 2.83. The molecular formula is C15H21NO2S. The topological polar surface area (TPSA) is 29.5 Å². The van der Waals surface area contributed by atoms with E-state index >= 15 is 0 Å². The summed E-state index contributed by atoms with van der Waals surface area (Å²) >= 11 is 1.85. The maximum absolute atomic E-state index is 12.1. The lowest BCUT2D eigenvalue weighted by molar-refractivity contribution is -0.132. The number of rotatable bonds is 5. The van der Waals surface area contributed by atoms with Crippen LogP contribution in [0.15, 0.2) is 24.3 Å². The largest absolute Gasteiger partial charge is 0.497 e. The fourth-order valence-electron chi connectivity index (χ4n) is 2.26. The van der Waals surface area contributed by atoms with Crippen LogP contribution in [-0.2, 0) is 4.79 Å². The third-order valence-corrected chi connectivity index (χ3v) is 4.61. The molecule has 1 heterocycles. The Balaban J connectivity index is 2.20. The van der Waals surface area contributed by atoms with E-state index in [1.54, 1.807) is 7.11 Å². The fraction of sp³-hybridized carbons (Fsp3) is 0.533. The number of nitrogens with zero attached hydrogens (tertiary/aromatic N) is 1. The monoisotopic (exact) mass is 279 g/mol. The Morgan fingerprint density at radius 3 is 3.05 bits per heavy atom. The molecular weight excluding hydrogens is 258 g/mol. The molecule has 1 amide bonds. The summed E-state index contributed by atoms with van der Waals surface area (Å²) in [7, 11) is 1.67. The zero-order chi connectivity index (χ0) is 13.7. The second-order valence-corrected chi connectivity index (χ2v) is 5.88. The van der Waals surface area contributed by atoms with E-state index in [-0.39, 0.29) is 11.3 Å². The molecule has 1 aromatic rings. The first-order valence-electron chi connectivity index (χ1n) is 6.81. The highest BCUT2D eigenvalue weighted by Gasteiger charge is 2.29. The first-order valence-corrected chi connectivity index (χ1v) is 7.86. The van der Waals surface area contributed by atoms with E-state index in [0.717, 1.165) is 36.5 Å². The molecule has 1 aliphatic heterocycles. The lowest BCUT2D eigenvalue weighted by Gasteiger charge is -2.35. The Labute approximate surface area is 119 Å². The number of thioether (sulfide) groups is 1. The van der Waals surface area contributed by atoms with E-state index in [9.17, 15) is 4.79 Å². The molecule has 1 saturated heterocycles. The second-order valence-electron chi connectivity index (χ2n) is 4.69. The third-order valence-electron chi connectivity index (χ3n) is 3.33. The van der Waals surface area contributed by atoms with Crippen LogP contribution in [0.4, 0.5) is 0 Å². The summed E-state index contributed by atoms with van der Waals surface area (Å²) in [5.74, 6) is 2.04. The van der Waals surface area contributed by atoms with Crippen molar-refractivity contribution >= 4 is 17.7 Å². The molecule has 0 bridgehead atoms. The van der Waals surface area contributed by atoms with Gasteiger partial charge in [-0.2, -0.15) is 0 Å². The molecule has 2 rings (SSSR count). The van der Waals surface area contributed by atoms with Crippen LogP contribution in [0.25, 0.3) is 0 Å². The van der Waals surface area contributed by atoms with Gasteiger partial charge in [-0.25, -0.2) is 0 Å². The van der Waals surface area contributed by atoms with Gasteiger partial charge in [0, 0.05) is 18.7 Å². The van der Waals surface area contributed by atoms with E-state index < -0.39 is 0 Å². The van der Waals surface area contributed by atoms with Gasteiger partial charge in [0.25, 0.3) is 0 Å². The van der Waals surface area contributed by atoms with Crippen molar-refractivity contribution < 1.29 is 9.53 Å². The Kier molecular flexibility index (Phi) is 5.14. The standard InChI is InChI=1S/C15H21NO2S/c1-3-4-9-16-14(17)8-10-19-15(16)12-6-5-7-13(11-12)18-2/h5-7,11,15H,3-4,8-10H2,1-2H3. The number of unbranched alkanes of at least 4 members (excludes halogenated alkanes) is 1. The van der Waals surface area contributed by atoms with Gasteiger partial charge < -0.3 is 9.64 Å². The summed E-state index contributed by atoms with van der Waals surface area (Å²) in [5.41, 5.74) is 1.16. The normalized spacial score (nSPS) is 19.6. The minimum atomic E-state index is 0.142. The number of methoxy groups -OCH3 is 1. The van der Waals surface area contributed by atoms with Crippen LogP contribution in [0.2, 0.25) is 0 Å². The van der Waals surface area contributed by atoms with E-state index in [2.05, 4.69) is 13.0 Å². The lowest BCUT2D eigenvalue weighted by Crippen LogP contribution is -2.37. The number of amides is 1. The highest BCUT2D eigenvalue weighted by atomic mass is 32.2. The Hall–Kier alpha value is -1.16. The van der Waals surface area contributed by atoms with Gasteiger partial charge in [0.2, 0.25) is 5.91 Å². The van der Waals surface area contributed by atoms with Crippen LogP contribution >= 0.6 is 11.8 Å². The van der Waals surface area contributed by atoms with Crippen LogP contribution in [0, 0.1) is 0 Å². The average Bonchev–Trinajstić information content (AvgIpc) is 2.46. The van der Waals surface area contributed by atoms with Crippen molar-refractivity contribution in [3.8, 4) is 5.75 Å². The lowest BCUT2D eigenvalue weighted by atomic mass is 10.1. The summed E-state index contributed by atoms with van der Waals surface area (Å²) < 4.78 is 5.28. The van der Waals surface area contributed by atoms with Crippen molar-refractivity contribution in [1.29, 1.82) is 0 Å². The molecule has 0 spiro atoms. The molecule has 104 valence electrons. The molecule has 3 nitrogen and oxygen atoms in total.